The molecule has 116 valence electrons. The summed E-state index contributed by atoms with van der Waals surface area (Å²) in [6, 6.07) is 5.63. The van der Waals surface area contributed by atoms with E-state index in [9.17, 15) is 0 Å². The Bertz CT molecular complexity index is 875. The third-order valence-corrected chi connectivity index (χ3v) is 4.00. The van der Waals surface area contributed by atoms with Gasteiger partial charge in [-0.25, -0.2) is 0 Å². The summed E-state index contributed by atoms with van der Waals surface area (Å²) < 4.78 is 1.98. The van der Waals surface area contributed by atoms with E-state index in [1.807, 2.05) is 29.7 Å². The molecule has 0 fully saturated rings. The largest absolute Gasteiger partial charge is 0.281 e. The Morgan fingerprint density at radius 1 is 1.35 bits per heavy atom. The lowest BCUT2D eigenvalue weighted by Crippen LogP contribution is -2.09. The third kappa shape index (κ3) is 2.76. The SMILES string of the molecule is C=C/C=C(\C(=C)Cl)C1=NCc2nnc(C)n2-c2ccc(Cl)cc21. The van der Waals surface area contributed by atoms with Crippen molar-refractivity contribution in [3.63, 3.8) is 0 Å². The standard InChI is InChI=1S/C17H14Cl2N4/c1-4-5-13(10(2)18)17-14-8-12(19)6-7-15(14)23-11(3)21-22-16(23)9-20-17/h4-8H,1-2,9H2,3H3/b13-5+. The summed E-state index contributed by atoms with van der Waals surface area (Å²) in [7, 11) is 0. The molecule has 0 N–H and O–H groups in total. The van der Waals surface area contributed by atoms with Gasteiger partial charge in [-0.3, -0.25) is 9.56 Å². The Labute approximate surface area is 144 Å². The normalized spacial score (nSPS) is 13.7. The molecule has 1 aromatic heterocycles. The van der Waals surface area contributed by atoms with Crippen molar-refractivity contribution in [1.82, 2.24) is 14.8 Å². The van der Waals surface area contributed by atoms with Gasteiger partial charge in [0.2, 0.25) is 0 Å². The highest BCUT2D eigenvalue weighted by atomic mass is 35.5. The molecule has 0 aliphatic carbocycles. The second-order valence-corrected chi connectivity index (χ2v) is 5.94. The minimum atomic E-state index is 0.390. The van der Waals surface area contributed by atoms with Gasteiger partial charge in [-0.1, -0.05) is 48.5 Å². The maximum absolute atomic E-state index is 6.21. The molecule has 6 heteroatoms. The van der Waals surface area contributed by atoms with Crippen LogP contribution in [0, 0.1) is 6.92 Å². The van der Waals surface area contributed by atoms with Gasteiger partial charge in [0.1, 0.15) is 12.4 Å². The van der Waals surface area contributed by atoms with Crippen molar-refractivity contribution < 1.29 is 0 Å². The number of rotatable bonds is 3. The highest BCUT2D eigenvalue weighted by molar-refractivity contribution is 6.38. The number of hydrogen-bond acceptors (Lipinski definition) is 3. The number of aryl methyl sites for hydroxylation is 1. The van der Waals surface area contributed by atoms with Crippen molar-refractivity contribution >= 4 is 28.9 Å². The predicted octanol–water partition coefficient (Wildman–Crippen LogP) is 4.40. The monoisotopic (exact) mass is 344 g/mol. The zero-order chi connectivity index (χ0) is 16.6. The lowest BCUT2D eigenvalue weighted by atomic mass is 9.99. The number of allylic oxidation sites excluding steroid dienone is 4. The van der Waals surface area contributed by atoms with E-state index in [4.69, 9.17) is 23.2 Å². The molecule has 23 heavy (non-hydrogen) atoms. The first-order valence-electron chi connectivity index (χ1n) is 6.96. The number of nitrogens with zero attached hydrogens (tertiary/aromatic N) is 4. The molecule has 0 unspecified atom stereocenters. The Morgan fingerprint density at radius 2 is 2.13 bits per heavy atom. The lowest BCUT2D eigenvalue weighted by molar-refractivity contribution is 0.861. The van der Waals surface area contributed by atoms with Crippen LogP contribution < -0.4 is 0 Å². The van der Waals surface area contributed by atoms with Gasteiger partial charge in [0.25, 0.3) is 0 Å². The molecule has 1 aliphatic rings. The molecular formula is C17H14Cl2N4. The molecular weight excluding hydrogens is 331 g/mol. The molecule has 0 spiro atoms. The Morgan fingerprint density at radius 3 is 2.83 bits per heavy atom. The van der Waals surface area contributed by atoms with Crippen molar-refractivity contribution in [1.29, 1.82) is 0 Å². The molecule has 0 saturated carbocycles. The quantitative estimate of drug-likeness (QED) is 0.774. The molecule has 1 aromatic carbocycles. The fraction of sp³-hybridized carbons (Fsp3) is 0.118. The highest BCUT2D eigenvalue weighted by Gasteiger charge is 2.23. The number of aromatic nitrogens is 3. The number of halogens is 2. The highest BCUT2D eigenvalue weighted by Crippen LogP contribution is 2.30. The van der Waals surface area contributed by atoms with Gasteiger partial charge in [0, 0.05) is 21.2 Å². The second kappa shape index (κ2) is 6.14. The van der Waals surface area contributed by atoms with Crippen LogP contribution in [0.5, 0.6) is 0 Å². The summed E-state index contributed by atoms with van der Waals surface area (Å²) >= 11 is 12.4. The van der Waals surface area contributed by atoms with Crippen LogP contribution in [0.4, 0.5) is 0 Å². The van der Waals surface area contributed by atoms with Crippen LogP contribution in [0.2, 0.25) is 5.02 Å². The number of benzene rings is 1. The summed E-state index contributed by atoms with van der Waals surface area (Å²) in [4.78, 5) is 4.67. The average Bonchev–Trinajstić information content (AvgIpc) is 2.79. The fourth-order valence-electron chi connectivity index (χ4n) is 2.60. The van der Waals surface area contributed by atoms with Crippen LogP contribution in [0.3, 0.4) is 0 Å². The van der Waals surface area contributed by atoms with Crippen molar-refractivity contribution in [2.24, 2.45) is 4.99 Å². The van der Waals surface area contributed by atoms with Crippen molar-refractivity contribution in [2.45, 2.75) is 13.5 Å². The topological polar surface area (TPSA) is 43.1 Å². The summed E-state index contributed by atoms with van der Waals surface area (Å²) in [5, 5.41) is 9.35. The summed E-state index contributed by atoms with van der Waals surface area (Å²) in [5.41, 5.74) is 3.19. The zero-order valence-electron chi connectivity index (χ0n) is 12.6. The van der Waals surface area contributed by atoms with Crippen LogP contribution in [-0.4, -0.2) is 20.5 Å². The Hall–Kier alpha value is -2.17. The van der Waals surface area contributed by atoms with E-state index in [0.29, 0.717) is 27.9 Å². The van der Waals surface area contributed by atoms with Crippen LogP contribution in [-0.2, 0) is 6.54 Å². The second-order valence-electron chi connectivity index (χ2n) is 5.05. The van der Waals surface area contributed by atoms with Gasteiger partial charge in [-0.05, 0) is 25.1 Å². The van der Waals surface area contributed by atoms with Gasteiger partial charge in [0.15, 0.2) is 5.82 Å². The van der Waals surface area contributed by atoms with E-state index >= 15 is 0 Å². The maximum Gasteiger partial charge on any atom is 0.159 e. The van der Waals surface area contributed by atoms with E-state index in [2.05, 4.69) is 28.3 Å². The number of hydrogen-bond donors (Lipinski definition) is 0. The fourth-order valence-corrected chi connectivity index (χ4v) is 2.92. The first-order valence-corrected chi connectivity index (χ1v) is 7.72. The summed E-state index contributed by atoms with van der Waals surface area (Å²) in [6.45, 7) is 9.86. The summed E-state index contributed by atoms with van der Waals surface area (Å²) in [6.07, 6.45) is 3.45. The smallest absolute Gasteiger partial charge is 0.159 e. The first kappa shape index (κ1) is 15.7. The minimum Gasteiger partial charge on any atom is -0.281 e. The molecule has 0 saturated heterocycles. The molecule has 4 nitrogen and oxygen atoms in total. The van der Waals surface area contributed by atoms with Crippen LogP contribution in [0.1, 0.15) is 17.2 Å². The predicted molar refractivity (Wildman–Crippen MR) is 94.6 cm³/mol. The summed E-state index contributed by atoms with van der Waals surface area (Å²) in [5.74, 6) is 1.55. The first-order chi connectivity index (χ1) is 11.0. The maximum atomic E-state index is 6.21. The van der Waals surface area contributed by atoms with Crippen molar-refractivity contribution in [3.05, 3.63) is 76.3 Å². The van der Waals surface area contributed by atoms with E-state index < -0.39 is 0 Å². The molecule has 0 atom stereocenters. The Kier molecular flexibility index (Phi) is 4.20. The van der Waals surface area contributed by atoms with Crippen molar-refractivity contribution in [2.75, 3.05) is 0 Å². The van der Waals surface area contributed by atoms with Crippen LogP contribution >= 0.6 is 23.2 Å². The van der Waals surface area contributed by atoms with Crippen molar-refractivity contribution in [3.8, 4) is 5.69 Å². The van der Waals surface area contributed by atoms with E-state index in [-0.39, 0.29) is 0 Å². The number of aliphatic imine (C=N–C) groups is 1. The molecule has 3 rings (SSSR count). The number of fused-ring (bicyclic) bond motifs is 3. The lowest BCUT2D eigenvalue weighted by Gasteiger charge is -2.14. The van der Waals surface area contributed by atoms with Gasteiger partial charge < -0.3 is 0 Å². The zero-order valence-corrected chi connectivity index (χ0v) is 14.1. The third-order valence-electron chi connectivity index (χ3n) is 3.56. The molecule has 2 aromatic rings. The van der Waals surface area contributed by atoms with Gasteiger partial charge in [-0.2, -0.15) is 0 Å². The van der Waals surface area contributed by atoms with E-state index in [1.54, 1.807) is 12.2 Å². The molecule has 2 heterocycles. The molecule has 0 radical (unpaired) electrons. The molecule has 0 bridgehead atoms. The van der Waals surface area contributed by atoms with Gasteiger partial charge in [0.05, 0.1) is 11.4 Å². The average molecular weight is 345 g/mol. The molecule has 1 aliphatic heterocycles. The van der Waals surface area contributed by atoms with Crippen LogP contribution in [0.15, 0.2) is 59.1 Å². The molecule has 0 amide bonds. The Balaban J connectivity index is 2.32. The van der Waals surface area contributed by atoms with E-state index in [0.717, 1.165) is 22.9 Å². The minimum absolute atomic E-state index is 0.390. The van der Waals surface area contributed by atoms with Crippen LogP contribution in [0.25, 0.3) is 5.69 Å². The van der Waals surface area contributed by atoms with E-state index in [1.165, 1.54) is 0 Å². The van der Waals surface area contributed by atoms with Gasteiger partial charge in [-0.15, -0.1) is 10.2 Å². The van der Waals surface area contributed by atoms with Gasteiger partial charge >= 0.3 is 0 Å².